The zero-order chi connectivity index (χ0) is 20.5. The van der Waals surface area contributed by atoms with Crippen molar-refractivity contribution >= 4 is 33.1 Å². The summed E-state index contributed by atoms with van der Waals surface area (Å²) in [5.41, 5.74) is 6.38. The van der Waals surface area contributed by atoms with E-state index in [4.69, 9.17) is 0 Å². The van der Waals surface area contributed by atoms with Crippen LogP contribution in [0.25, 0.3) is 21.3 Å². The minimum Gasteiger partial charge on any atom is -0.324 e. The van der Waals surface area contributed by atoms with Crippen LogP contribution >= 0.6 is 11.3 Å². The van der Waals surface area contributed by atoms with Crippen molar-refractivity contribution in [2.24, 2.45) is 0 Å². The highest BCUT2D eigenvalue weighted by molar-refractivity contribution is 7.17. The van der Waals surface area contributed by atoms with Crippen molar-refractivity contribution in [2.45, 2.75) is 27.3 Å². The van der Waals surface area contributed by atoms with Crippen LogP contribution in [0.5, 0.6) is 0 Å². The van der Waals surface area contributed by atoms with E-state index < -0.39 is 0 Å². The number of hydrogen-bond acceptors (Lipinski definition) is 4. The number of fused-ring (bicyclic) bond motifs is 1. The van der Waals surface area contributed by atoms with Gasteiger partial charge in [-0.3, -0.25) is 14.2 Å². The van der Waals surface area contributed by atoms with Crippen LogP contribution in [0.4, 0.5) is 5.69 Å². The second-order valence-corrected chi connectivity index (χ2v) is 8.07. The molecule has 2 aromatic heterocycles. The van der Waals surface area contributed by atoms with E-state index in [0.717, 1.165) is 33.5 Å². The molecule has 146 valence electrons. The van der Waals surface area contributed by atoms with E-state index >= 15 is 0 Å². The topological polar surface area (TPSA) is 64.0 Å². The highest BCUT2D eigenvalue weighted by Gasteiger charge is 2.15. The van der Waals surface area contributed by atoms with Gasteiger partial charge in [0.2, 0.25) is 5.91 Å². The number of aryl methyl sites for hydroxylation is 3. The van der Waals surface area contributed by atoms with Gasteiger partial charge in [0.1, 0.15) is 11.2 Å². The number of aromatic nitrogens is 2. The molecule has 0 fully saturated rings. The average Bonchev–Trinajstić information content (AvgIpc) is 3.12. The molecule has 0 unspecified atom stereocenters. The van der Waals surface area contributed by atoms with Gasteiger partial charge in [0.15, 0.2) is 0 Å². The fraction of sp³-hybridized carbons (Fsp3) is 0.174. The predicted octanol–water partition coefficient (Wildman–Crippen LogP) is 4.69. The van der Waals surface area contributed by atoms with Crippen LogP contribution in [0.2, 0.25) is 0 Å². The van der Waals surface area contributed by atoms with Gasteiger partial charge >= 0.3 is 0 Å². The summed E-state index contributed by atoms with van der Waals surface area (Å²) in [5, 5.41) is 4.88. The van der Waals surface area contributed by atoms with Crippen molar-refractivity contribution in [1.29, 1.82) is 0 Å². The van der Waals surface area contributed by atoms with Gasteiger partial charge < -0.3 is 5.32 Å². The van der Waals surface area contributed by atoms with E-state index in [1.54, 1.807) is 0 Å². The Morgan fingerprint density at radius 2 is 1.79 bits per heavy atom. The first kappa shape index (κ1) is 19.1. The molecule has 4 rings (SSSR count). The lowest BCUT2D eigenvalue weighted by molar-refractivity contribution is -0.116. The standard InChI is InChI=1S/C23H21N3O2S/c1-14-9-15(2)20(16(3)10-14)25-19(27)11-26-13-24-21-18(12-29-22(21)23(26)28)17-7-5-4-6-8-17/h4-10,12-13H,11H2,1-3H3,(H,25,27). The SMILES string of the molecule is Cc1cc(C)c(NC(=O)Cn2cnc3c(-c4ccccc4)csc3c2=O)c(C)c1. The van der Waals surface area contributed by atoms with Crippen LogP contribution < -0.4 is 10.9 Å². The van der Waals surface area contributed by atoms with Gasteiger partial charge in [-0.15, -0.1) is 11.3 Å². The first-order valence-electron chi connectivity index (χ1n) is 9.34. The van der Waals surface area contributed by atoms with E-state index in [-0.39, 0.29) is 18.0 Å². The fourth-order valence-corrected chi connectivity index (χ4v) is 4.56. The van der Waals surface area contributed by atoms with Crippen molar-refractivity contribution in [2.75, 3.05) is 5.32 Å². The third kappa shape index (κ3) is 3.71. The Morgan fingerprint density at radius 1 is 1.10 bits per heavy atom. The molecule has 5 nitrogen and oxygen atoms in total. The lowest BCUT2D eigenvalue weighted by Gasteiger charge is -2.13. The number of benzene rings is 2. The van der Waals surface area contributed by atoms with Gasteiger partial charge in [-0.05, 0) is 37.5 Å². The minimum absolute atomic E-state index is 0.0763. The zero-order valence-corrected chi connectivity index (χ0v) is 17.3. The molecule has 0 aliphatic rings. The summed E-state index contributed by atoms with van der Waals surface area (Å²) in [4.78, 5) is 30.0. The third-order valence-electron chi connectivity index (χ3n) is 4.89. The first-order valence-corrected chi connectivity index (χ1v) is 10.2. The highest BCUT2D eigenvalue weighted by atomic mass is 32.1. The molecule has 0 atom stereocenters. The molecule has 0 bridgehead atoms. The number of thiophene rings is 1. The quantitative estimate of drug-likeness (QED) is 0.538. The van der Waals surface area contributed by atoms with Gasteiger partial charge in [-0.2, -0.15) is 0 Å². The number of rotatable bonds is 4. The van der Waals surface area contributed by atoms with Crippen molar-refractivity contribution < 1.29 is 4.79 Å². The van der Waals surface area contributed by atoms with E-state index in [1.165, 1.54) is 22.2 Å². The largest absolute Gasteiger partial charge is 0.324 e. The molecular formula is C23H21N3O2S. The van der Waals surface area contributed by atoms with E-state index in [2.05, 4.69) is 10.3 Å². The summed E-state index contributed by atoms with van der Waals surface area (Å²) in [6, 6.07) is 13.9. The molecule has 0 radical (unpaired) electrons. The number of amides is 1. The summed E-state index contributed by atoms with van der Waals surface area (Å²) < 4.78 is 1.92. The van der Waals surface area contributed by atoms with E-state index in [1.807, 2.05) is 68.6 Å². The third-order valence-corrected chi connectivity index (χ3v) is 5.84. The second kappa shape index (κ2) is 7.64. The zero-order valence-electron chi connectivity index (χ0n) is 16.5. The van der Waals surface area contributed by atoms with Gasteiger partial charge in [-0.1, -0.05) is 48.0 Å². The van der Waals surface area contributed by atoms with Crippen molar-refractivity contribution in [3.05, 3.63) is 81.2 Å². The smallest absolute Gasteiger partial charge is 0.271 e. The first-order chi connectivity index (χ1) is 13.9. The molecule has 0 aliphatic carbocycles. The minimum atomic E-state index is -0.247. The van der Waals surface area contributed by atoms with Crippen LogP contribution in [-0.4, -0.2) is 15.5 Å². The molecule has 6 heteroatoms. The summed E-state index contributed by atoms with van der Waals surface area (Å²) >= 11 is 1.36. The Labute approximate surface area is 172 Å². The molecule has 0 saturated heterocycles. The number of anilines is 1. The lowest BCUT2D eigenvalue weighted by Crippen LogP contribution is -2.27. The molecule has 2 heterocycles. The molecular weight excluding hydrogens is 382 g/mol. The second-order valence-electron chi connectivity index (χ2n) is 7.19. The molecule has 4 aromatic rings. The molecule has 1 N–H and O–H groups in total. The summed E-state index contributed by atoms with van der Waals surface area (Å²) in [6.45, 7) is 5.88. The lowest BCUT2D eigenvalue weighted by atomic mass is 10.1. The molecule has 29 heavy (non-hydrogen) atoms. The van der Waals surface area contributed by atoms with Gasteiger partial charge in [0.05, 0.1) is 11.8 Å². The van der Waals surface area contributed by atoms with Crippen LogP contribution in [-0.2, 0) is 11.3 Å². The van der Waals surface area contributed by atoms with Crippen LogP contribution in [0.3, 0.4) is 0 Å². The van der Waals surface area contributed by atoms with E-state index in [9.17, 15) is 9.59 Å². The maximum atomic E-state index is 12.9. The Hall–Kier alpha value is -3.25. The molecule has 2 aromatic carbocycles. The van der Waals surface area contributed by atoms with Gasteiger partial charge in [0, 0.05) is 16.6 Å². The maximum Gasteiger partial charge on any atom is 0.271 e. The van der Waals surface area contributed by atoms with Gasteiger partial charge in [0.25, 0.3) is 5.56 Å². The number of carbonyl (C=O) groups excluding carboxylic acids is 1. The normalized spacial score (nSPS) is 11.0. The Bertz CT molecular complexity index is 1250. The van der Waals surface area contributed by atoms with Crippen molar-refractivity contribution in [3.8, 4) is 11.1 Å². The number of nitrogens with zero attached hydrogens (tertiary/aromatic N) is 2. The average molecular weight is 404 g/mol. The monoisotopic (exact) mass is 403 g/mol. The van der Waals surface area contributed by atoms with Gasteiger partial charge in [-0.25, -0.2) is 4.98 Å². The number of carbonyl (C=O) groups is 1. The highest BCUT2D eigenvalue weighted by Crippen LogP contribution is 2.30. The summed E-state index contributed by atoms with van der Waals surface area (Å²) in [6.07, 6.45) is 1.46. The Balaban J connectivity index is 1.62. The summed E-state index contributed by atoms with van der Waals surface area (Å²) in [5.74, 6) is -0.247. The number of nitrogens with one attached hydrogen (secondary N) is 1. The number of hydrogen-bond donors (Lipinski definition) is 1. The Kier molecular flexibility index (Phi) is 5.03. The van der Waals surface area contributed by atoms with E-state index in [0.29, 0.717) is 10.2 Å². The summed E-state index contributed by atoms with van der Waals surface area (Å²) in [7, 11) is 0. The fourth-order valence-electron chi connectivity index (χ4n) is 3.59. The predicted molar refractivity (Wildman–Crippen MR) is 119 cm³/mol. The van der Waals surface area contributed by atoms with Crippen LogP contribution in [0, 0.1) is 20.8 Å². The molecule has 0 spiro atoms. The Morgan fingerprint density at radius 3 is 2.48 bits per heavy atom. The van der Waals surface area contributed by atoms with Crippen LogP contribution in [0.1, 0.15) is 16.7 Å². The molecule has 0 aliphatic heterocycles. The van der Waals surface area contributed by atoms with Crippen molar-refractivity contribution in [1.82, 2.24) is 9.55 Å². The maximum absolute atomic E-state index is 12.9. The van der Waals surface area contributed by atoms with Crippen LogP contribution in [0.15, 0.2) is 59.0 Å². The molecule has 1 amide bonds. The molecule has 0 saturated carbocycles. The van der Waals surface area contributed by atoms with Crippen molar-refractivity contribution in [3.63, 3.8) is 0 Å².